The van der Waals surface area contributed by atoms with Crippen molar-refractivity contribution >= 4 is 0 Å². The van der Waals surface area contributed by atoms with Gasteiger partial charge >= 0.3 is 0 Å². The molecule has 0 aromatic carbocycles. The standard InChI is InChI=1S/C10H20N2/c1-7-8(2)12-10-6-4-3-5-9(10)11-7/h7-12H,3-6H2,1-2H3/t7-,8+,9+,10-. The number of piperazine rings is 1. The fourth-order valence-electron chi connectivity index (χ4n) is 2.49. The van der Waals surface area contributed by atoms with Crippen LogP contribution in [0.15, 0.2) is 0 Å². The highest BCUT2D eigenvalue weighted by Gasteiger charge is 2.32. The lowest BCUT2D eigenvalue weighted by Crippen LogP contribution is -2.64. The Bertz CT molecular complexity index is 140. The molecule has 2 fully saturated rings. The van der Waals surface area contributed by atoms with Gasteiger partial charge in [0.05, 0.1) is 0 Å². The van der Waals surface area contributed by atoms with Crippen molar-refractivity contribution in [3.63, 3.8) is 0 Å². The average molecular weight is 168 g/mol. The summed E-state index contributed by atoms with van der Waals surface area (Å²) in [6.07, 6.45) is 5.57. The first-order chi connectivity index (χ1) is 5.77. The van der Waals surface area contributed by atoms with E-state index in [0.29, 0.717) is 12.1 Å². The van der Waals surface area contributed by atoms with Crippen molar-refractivity contribution < 1.29 is 0 Å². The molecular weight excluding hydrogens is 148 g/mol. The minimum Gasteiger partial charge on any atom is -0.308 e. The number of hydrogen-bond donors (Lipinski definition) is 2. The molecule has 2 rings (SSSR count). The highest BCUT2D eigenvalue weighted by Crippen LogP contribution is 2.22. The molecule has 0 aromatic rings. The molecule has 0 radical (unpaired) electrons. The Labute approximate surface area is 75.1 Å². The van der Waals surface area contributed by atoms with Gasteiger partial charge in [0, 0.05) is 24.2 Å². The van der Waals surface area contributed by atoms with Crippen molar-refractivity contribution in [2.75, 3.05) is 0 Å². The molecule has 4 atom stereocenters. The van der Waals surface area contributed by atoms with Crippen LogP contribution >= 0.6 is 0 Å². The quantitative estimate of drug-likeness (QED) is 0.569. The Morgan fingerprint density at radius 1 is 0.833 bits per heavy atom. The summed E-state index contributed by atoms with van der Waals surface area (Å²) in [6, 6.07) is 2.79. The van der Waals surface area contributed by atoms with Gasteiger partial charge in [-0.05, 0) is 26.7 Å². The molecule has 2 nitrogen and oxygen atoms in total. The SMILES string of the molecule is C[C@@H]1N[C@@H]2CCCC[C@@H]2N[C@@H]1C. The van der Waals surface area contributed by atoms with Crippen LogP contribution < -0.4 is 10.6 Å². The minimum atomic E-state index is 0.643. The molecule has 1 aliphatic carbocycles. The first-order valence-corrected chi connectivity index (χ1v) is 5.29. The van der Waals surface area contributed by atoms with E-state index in [1.807, 2.05) is 0 Å². The molecule has 0 unspecified atom stereocenters. The van der Waals surface area contributed by atoms with E-state index in [4.69, 9.17) is 0 Å². The molecule has 70 valence electrons. The van der Waals surface area contributed by atoms with E-state index < -0.39 is 0 Å². The van der Waals surface area contributed by atoms with Crippen LogP contribution in [0.2, 0.25) is 0 Å². The molecule has 0 aromatic heterocycles. The van der Waals surface area contributed by atoms with Crippen molar-refractivity contribution in [3.8, 4) is 0 Å². The maximum Gasteiger partial charge on any atom is 0.0224 e. The van der Waals surface area contributed by atoms with Gasteiger partial charge in [-0.25, -0.2) is 0 Å². The van der Waals surface area contributed by atoms with Gasteiger partial charge in [-0.15, -0.1) is 0 Å². The Kier molecular flexibility index (Phi) is 2.37. The van der Waals surface area contributed by atoms with Gasteiger partial charge in [-0.1, -0.05) is 12.8 Å². The Morgan fingerprint density at radius 2 is 1.25 bits per heavy atom. The minimum absolute atomic E-state index is 0.643. The molecule has 0 bridgehead atoms. The van der Waals surface area contributed by atoms with E-state index in [-0.39, 0.29) is 0 Å². The first-order valence-electron chi connectivity index (χ1n) is 5.29. The van der Waals surface area contributed by atoms with E-state index in [9.17, 15) is 0 Å². The van der Waals surface area contributed by atoms with Crippen molar-refractivity contribution in [2.45, 2.75) is 63.7 Å². The van der Waals surface area contributed by atoms with Gasteiger partial charge < -0.3 is 10.6 Å². The fraction of sp³-hybridized carbons (Fsp3) is 1.00. The summed E-state index contributed by atoms with van der Waals surface area (Å²) in [6.45, 7) is 4.56. The summed E-state index contributed by atoms with van der Waals surface area (Å²) in [4.78, 5) is 0. The van der Waals surface area contributed by atoms with Crippen LogP contribution in [0.1, 0.15) is 39.5 Å². The summed E-state index contributed by atoms with van der Waals surface area (Å²) in [5.74, 6) is 0. The van der Waals surface area contributed by atoms with Gasteiger partial charge in [0.1, 0.15) is 0 Å². The van der Waals surface area contributed by atoms with Crippen LogP contribution in [0.25, 0.3) is 0 Å². The van der Waals surface area contributed by atoms with Gasteiger partial charge in [-0.2, -0.15) is 0 Å². The smallest absolute Gasteiger partial charge is 0.0224 e. The lowest BCUT2D eigenvalue weighted by molar-refractivity contribution is 0.183. The highest BCUT2D eigenvalue weighted by atomic mass is 15.1. The Morgan fingerprint density at radius 3 is 1.67 bits per heavy atom. The summed E-state index contributed by atoms with van der Waals surface area (Å²) in [5.41, 5.74) is 0. The number of hydrogen-bond acceptors (Lipinski definition) is 2. The van der Waals surface area contributed by atoms with Gasteiger partial charge in [0.2, 0.25) is 0 Å². The van der Waals surface area contributed by atoms with Crippen LogP contribution in [0.5, 0.6) is 0 Å². The maximum atomic E-state index is 3.71. The molecule has 12 heavy (non-hydrogen) atoms. The topological polar surface area (TPSA) is 24.1 Å². The summed E-state index contributed by atoms with van der Waals surface area (Å²) in [5, 5.41) is 7.41. The zero-order valence-electron chi connectivity index (χ0n) is 8.14. The van der Waals surface area contributed by atoms with E-state index in [0.717, 1.165) is 12.1 Å². The first kappa shape index (κ1) is 8.52. The monoisotopic (exact) mass is 168 g/mol. The van der Waals surface area contributed by atoms with E-state index in [1.165, 1.54) is 25.7 Å². The van der Waals surface area contributed by atoms with E-state index in [1.54, 1.807) is 0 Å². The van der Waals surface area contributed by atoms with Crippen molar-refractivity contribution in [2.24, 2.45) is 0 Å². The van der Waals surface area contributed by atoms with Crippen molar-refractivity contribution in [1.82, 2.24) is 10.6 Å². The van der Waals surface area contributed by atoms with E-state index >= 15 is 0 Å². The third-order valence-corrected chi connectivity index (χ3v) is 3.47. The molecule has 0 spiro atoms. The van der Waals surface area contributed by atoms with E-state index in [2.05, 4.69) is 24.5 Å². The van der Waals surface area contributed by atoms with Gasteiger partial charge in [0.25, 0.3) is 0 Å². The second-order valence-electron chi connectivity index (χ2n) is 4.41. The highest BCUT2D eigenvalue weighted by molar-refractivity contribution is 4.96. The van der Waals surface area contributed by atoms with Crippen LogP contribution in [0.3, 0.4) is 0 Å². The Balaban J connectivity index is 1.98. The van der Waals surface area contributed by atoms with Crippen molar-refractivity contribution in [3.05, 3.63) is 0 Å². The zero-order valence-corrected chi connectivity index (χ0v) is 8.14. The lowest BCUT2D eigenvalue weighted by Gasteiger charge is -2.43. The molecule has 1 saturated heterocycles. The second-order valence-corrected chi connectivity index (χ2v) is 4.41. The van der Waals surface area contributed by atoms with Crippen LogP contribution in [0.4, 0.5) is 0 Å². The van der Waals surface area contributed by atoms with Gasteiger partial charge in [-0.3, -0.25) is 0 Å². The second kappa shape index (κ2) is 3.35. The number of nitrogens with one attached hydrogen (secondary N) is 2. The molecule has 2 heteroatoms. The summed E-state index contributed by atoms with van der Waals surface area (Å²) >= 11 is 0. The lowest BCUT2D eigenvalue weighted by atomic mass is 9.86. The number of fused-ring (bicyclic) bond motifs is 1. The fourth-order valence-corrected chi connectivity index (χ4v) is 2.49. The zero-order chi connectivity index (χ0) is 8.55. The maximum absolute atomic E-state index is 3.71. The molecule has 2 aliphatic rings. The number of rotatable bonds is 0. The van der Waals surface area contributed by atoms with Gasteiger partial charge in [0.15, 0.2) is 0 Å². The predicted molar refractivity (Wildman–Crippen MR) is 51.2 cm³/mol. The van der Waals surface area contributed by atoms with Crippen LogP contribution in [-0.4, -0.2) is 24.2 Å². The Hall–Kier alpha value is -0.0800. The predicted octanol–water partition coefficient (Wildman–Crippen LogP) is 1.27. The summed E-state index contributed by atoms with van der Waals surface area (Å²) < 4.78 is 0. The van der Waals surface area contributed by atoms with Crippen LogP contribution in [-0.2, 0) is 0 Å². The van der Waals surface area contributed by atoms with Crippen LogP contribution in [0, 0.1) is 0 Å². The molecule has 1 heterocycles. The summed E-state index contributed by atoms with van der Waals surface area (Å²) in [7, 11) is 0. The van der Waals surface area contributed by atoms with Crippen molar-refractivity contribution in [1.29, 1.82) is 0 Å². The third-order valence-electron chi connectivity index (χ3n) is 3.47. The molecule has 2 N–H and O–H groups in total. The molecule has 1 aliphatic heterocycles. The molecule has 1 saturated carbocycles. The normalized spacial score (nSPS) is 48.5. The third kappa shape index (κ3) is 1.50. The average Bonchev–Trinajstić information content (AvgIpc) is 2.07. The molecule has 0 amide bonds. The largest absolute Gasteiger partial charge is 0.308 e. The molecular formula is C10H20N2.